The molecule has 3 rings (SSSR count). The van der Waals surface area contributed by atoms with Gasteiger partial charge in [-0.05, 0) is 23.8 Å². The van der Waals surface area contributed by atoms with Gasteiger partial charge in [0.25, 0.3) is 0 Å². The van der Waals surface area contributed by atoms with Crippen molar-refractivity contribution in [3.8, 4) is 0 Å². The van der Waals surface area contributed by atoms with Crippen molar-refractivity contribution in [3.63, 3.8) is 0 Å². The average Bonchev–Trinajstić information content (AvgIpc) is 2.57. The highest BCUT2D eigenvalue weighted by Gasteiger charge is 2.26. The molecular weight excluding hydrogens is 294 g/mol. The number of hydrogen-bond donors (Lipinski definition) is 1. The summed E-state index contributed by atoms with van der Waals surface area (Å²) in [4.78, 5) is 18.9. The number of rotatable bonds is 4. The number of pyridine rings is 1. The number of nitrogens with one attached hydrogen (secondary N) is 1. The molecule has 22 heavy (non-hydrogen) atoms. The topological polar surface area (TPSA) is 45.2 Å². The fourth-order valence-corrected chi connectivity index (χ4v) is 3.67. The molecule has 1 saturated heterocycles. The largest absolute Gasteiger partial charge is 0.325 e. The summed E-state index contributed by atoms with van der Waals surface area (Å²) in [6.45, 7) is 2.64. The lowest BCUT2D eigenvalue weighted by Gasteiger charge is -2.31. The van der Waals surface area contributed by atoms with E-state index in [2.05, 4.69) is 21.3 Å². The number of anilines is 1. The number of carbonyl (C=O) groups excluding carboxylic acids is 1. The van der Waals surface area contributed by atoms with Crippen molar-refractivity contribution >= 4 is 23.4 Å². The molecule has 1 fully saturated rings. The second-order valence-corrected chi connectivity index (χ2v) is 6.62. The van der Waals surface area contributed by atoms with Crippen LogP contribution in [0.1, 0.15) is 5.56 Å². The lowest BCUT2D eigenvalue weighted by Crippen LogP contribution is -2.42. The quantitative estimate of drug-likeness (QED) is 0.942. The highest BCUT2D eigenvalue weighted by Crippen LogP contribution is 2.21. The van der Waals surface area contributed by atoms with Gasteiger partial charge in [0, 0.05) is 43.5 Å². The Kier molecular flexibility index (Phi) is 5.08. The van der Waals surface area contributed by atoms with Crippen LogP contribution in [-0.2, 0) is 11.3 Å². The highest BCUT2D eigenvalue weighted by atomic mass is 32.2. The van der Waals surface area contributed by atoms with Crippen molar-refractivity contribution in [1.82, 2.24) is 9.88 Å². The van der Waals surface area contributed by atoms with Crippen LogP contribution >= 0.6 is 11.8 Å². The van der Waals surface area contributed by atoms with Gasteiger partial charge in [0.1, 0.15) is 0 Å². The van der Waals surface area contributed by atoms with Gasteiger partial charge in [0.2, 0.25) is 5.91 Å². The van der Waals surface area contributed by atoms with Crippen molar-refractivity contribution < 1.29 is 4.79 Å². The summed E-state index contributed by atoms with van der Waals surface area (Å²) in [6.07, 6.45) is 3.67. The van der Waals surface area contributed by atoms with Gasteiger partial charge in [-0.3, -0.25) is 14.7 Å². The molecular formula is C17H19N3OS. The van der Waals surface area contributed by atoms with Gasteiger partial charge < -0.3 is 5.32 Å². The highest BCUT2D eigenvalue weighted by molar-refractivity contribution is 8.00. The number of amides is 1. The van der Waals surface area contributed by atoms with E-state index in [0.717, 1.165) is 31.1 Å². The van der Waals surface area contributed by atoms with E-state index in [0.29, 0.717) is 0 Å². The zero-order chi connectivity index (χ0) is 15.2. The molecule has 1 aliphatic heterocycles. The van der Waals surface area contributed by atoms with E-state index >= 15 is 0 Å². The molecule has 1 aliphatic rings. The molecule has 4 nitrogen and oxygen atoms in total. The maximum Gasteiger partial charge on any atom is 0.238 e. The molecule has 0 bridgehead atoms. The van der Waals surface area contributed by atoms with E-state index in [-0.39, 0.29) is 11.2 Å². The van der Waals surface area contributed by atoms with E-state index in [1.165, 1.54) is 5.56 Å². The SMILES string of the molecule is O=C(Nc1ccccc1)C1CN(Cc2cccnc2)CCS1. The predicted octanol–water partition coefficient (Wildman–Crippen LogP) is 2.64. The third kappa shape index (κ3) is 4.08. The summed E-state index contributed by atoms with van der Waals surface area (Å²) >= 11 is 1.74. The molecule has 0 spiro atoms. The summed E-state index contributed by atoms with van der Waals surface area (Å²) in [5.74, 6) is 1.07. The number of para-hydroxylation sites is 1. The van der Waals surface area contributed by atoms with E-state index < -0.39 is 0 Å². The zero-order valence-electron chi connectivity index (χ0n) is 12.3. The molecule has 114 valence electrons. The third-order valence-corrected chi connectivity index (χ3v) is 4.80. The summed E-state index contributed by atoms with van der Waals surface area (Å²) in [5.41, 5.74) is 2.05. The molecule has 2 heterocycles. The molecule has 1 aromatic heterocycles. The Morgan fingerprint density at radius 2 is 2.14 bits per heavy atom. The van der Waals surface area contributed by atoms with Crippen molar-refractivity contribution in [1.29, 1.82) is 0 Å². The van der Waals surface area contributed by atoms with E-state index in [9.17, 15) is 4.79 Å². The molecule has 1 unspecified atom stereocenters. The molecule has 2 aromatic rings. The lowest BCUT2D eigenvalue weighted by atomic mass is 10.2. The molecule has 0 saturated carbocycles. The van der Waals surface area contributed by atoms with Crippen molar-refractivity contribution in [2.45, 2.75) is 11.8 Å². The second-order valence-electron chi connectivity index (χ2n) is 5.31. The number of benzene rings is 1. The summed E-state index contributed by atoms with van der Waals surface area (Å²) < 4.78 is 0. The van der Waals surface area contributed by atoms with Crippen LogP contribution in [-0.4, -0.2) is 39.9 Å². The van der Waals surface area contributed by atoms with E-state index in [4.69, 9.17) is 0 Å². The smallest absolute Gasteiger partial charge is 0.238 e. The summed E-state index contributed by atoms with van der Waals surface area (Å²) in [7, 11) is 0. The van der Waals surface area contributed by atoms with E-state index in [1.54, 1.807) is 18.0 Å². The van der Waals surface area contributed by atoms with Crippen LogP contribution < -0.4 is 5.32 Å². The standard InChI is InChI=1S/C17H19N3OS/c21-17(19-15-6-2-1-3-7-15)16-13-20(9-10-22-16)12-14-5-4-8-18-11-14/h1-8,11,16H,9-10,12-13H2,(H,19,21). The first-order chi connectivity index (χ1) is 10.8. The number of nitrogens with zero attached hydrogens (tertiary/aromatic N) is 2. The van der Waals surface area contributed by atoms with Gasteiger partial charge >= 0.3 is 0 Å². The zero-order valence-corrected chi connectivity index (χ0v) is 13.1. The lowest BCUT2D eigenvalue weighted by molar-refractivity contribution is -0.116. The van der Waals surface area contributed by atoms with Gasteiger partial charge in [0.15, 0.2) is 0 Å². The Morgan fingerprint density at radius 3 is 2.91 bits per heavy atom. The Labute approximate surface area is 134 Å². The minimum atomic E-state index is -0.0226. The number of thioether (sulfide) groups is 1. The molecule has 1 N–H and O–H groups in total. The Bertz CT molecular complexity index is 606. The van der Waals surface area contributed by atoms with Crippen molar-refractivity contribution in [2.75, 3.05) is 24.2 Å². The Balaban J connectivity index is 1.57. The van der Waals surface area contributed by atoms with Gasteiger partial charge in [-0.1, -0.05) is 24.3 Å². The molecule has 5 heteroatoms. The fourth-order valence-electron chi connectivity index (χ4n) is 2.50. The van der Waals surface area contributed by atoms with Gasteiger partial charge in [0.05, 0.1) is 5.25 Å². The first-order valence-corrected chi connectivity index (χ1v) is 8.45. The maximum absolute atomic E-state index is 12.4. The first kappa shape index (κ1) is 15.1. The first-order valence-electron chi connectivity index (χ1n) is 7.40. The number of aromatic nitrogens is 1. The minimum Gasteiger partial charge on any atom is -0.325 e. The van der Waals surface area contributed by atoms with Gasteiger partial charge in [-0.25, -0.2) is 0 Å². The average molecular weight is 313 g/mol. The van der Waals surface area contributed by atoms with E-state index in [1.807, 2.05) is 42.6 Å². The van der Waals surface area contributed by atoms with Crippen LogP contribution in [0, 0.1) is 0 Å². The minimum absolute atomic E-state index is 0.0226. The normalized spacial score (nSPS) is 18.8. The second kappa shape index (κ2) is 7.42. The van der Waals surface area contributed by atoms with Crippen LogP contribution in [0.5, 0.6) is 0 Å². The van der Waals surface area contributed by atoms with Crippen LogP contribution in [0.3, 0.4) is 0 Å². The van der Waals surface area contributed by atoms with Crippen molar-refractivity contribution in [2.24, 2.45) is 0 Å². The van der Waals surface area contributed by atoms with Gasteiger partial charge in [-0.15, -0.1) is 11.8 Å². The molecule has 1 atom stereocenters. The number of carbonyl (C=O) groups is 1. The summed E-state index contributed by atoms with van der Waals surface area (Å²) in [5, 5.41) is 2.97. The summed E-state index contributed by atoms with van der Waals surface area (Å²) in [6, 6.07) is 13.7. The van der Waals surface area contributed by atoms with Crippen LogP contribution in [0.15, 0.2) is 54.9 Å². The third-order valence-electron chi connectivity index (χ3n) is 3.61. The fraction of sp³-hybridized carbons (Fsp3) is 0.294. The maximum atomic E-state index is 12.4. The van der Waals surface area contributed by atoms with Crippen LogP contribution in [0.2, 0.25) is 0 Å². The molecule has 0 radical (unpaired) electrons. The molecule has 1 amide bonds. The molecule has 0 aliphatic carbocycles. The monoisotopic (exact) mass is 313 g/mol. The Morgan fingerprint density at radius 1 is 1.27 bits per heavy atom. The number of hydrogen-bond acceptors (Lipinski definition) is 4. The predicted molar refractivity (Wildman–Crippen MR) is 90.8 cm³/mol. The molecule has 1 aromatic carbocycles. The van der Waals surface area contributed by atoms with Crippen LogP contribution in [0.25, 0.3) is 0 Å². The van der Waals surface area contributed by atoms with Crippen LogP contribution in [0.4, 0.5) is 5.69 Å². The van der Waals surface area contributed by atoms with Gasteiger partial charge in [-0.2, -0.15) is 0 Å². The van der Waals surface area contributed by atoms with Crippen molar-refractivity contribution in [3.05, 3.63) is 60.4 Å². The Hall–Kier alpha value is -1.85.